The Hall–Kier alpha value is -2.57. The van der Waals surface area contributed by atoms with E-state index < -0.39 is 0 Å². The minimum absolute atomic E-state index is 0.461. The number of nitrogens with zero attached hydrogens (tertiary/aromatic N) is 4. The van der Waals surface area contributed by atoms with Gasteiger partial charge in [-0.05, 0) is 49.8 Å². The van der Waals surface area contributed by atoms with Crippen LogP contribution in [0.25, 0.3) is 0 Å². The third-order valence-electron chi connectivity index (χ3n) is 5.81. The average molecular weight is 399 g/mol. The zero-order valence-corrected chi connectivity index (χ0v) is 18.1. The second kappa shape index (κ2) is 10.3. The molecule has 0 amide bonds. The van der Waals surface area contributed by atoms with Gasteiger partial charge in [-0.1, -0.05) is 31.9 Å². The standard InChI is InChI=1S/C22H34N6O/c1-16(18-9-11-20(29-4)12-10-18)13-14-23-22(25-19-7-5-6-8-19)24-15-21-27-26-17(2)28(21)3/h9-12,16,19H,5-8,13-15H2,1-4H3,(H2,23,24,25). The number of nitrogens with one attached hydrogen (secondary N) is 2. The molecule has 1 unspecified atom stereocenters. The third kappa shape index (κ3) is 5.95. The predicted octanol–water partition coefficient (Wildman–Crippen LogP) is 3.30. The summed E-state index contributed by atoms with van der Waals surface area (Å²) in [5.41, 5.74) is 1.32. The topological polar surface area (TPSA) is 76.4 Å². The van der Waals surface area contributed by atoms with Gasteiger partial charge in [-0.15, -0.1) is 10.2 Å². The highest BCUT2D eigenvalue weighted by atomic mass is 16.5. The molecule has 7 heteroatoms. The van der Waals surface area contributed by atoms with Crippen molar-refractivity contribution in [2.75, 3.05) is 13.7 Å². The van der Waals surface area contributed by atoms with Crippen molar-refractivity contribution in [3.63, 3.8) is 0 Å². The first-order valence-corrected chi connectivity index (χ1v) is 10.6. The summed E-state index contributed by atoms with van der Waals surface area (Å²) in [5.74, 6) is 4.01. The number of hydrogen-bond donors (Lipinski definition) is 2. The molecular weight excluding hydrogens is 364 g/mol. The van der Waals surface area contributed by atoms with Crippen molar-refractivity contribution in [1.82, 2.24) is 25.4 Å². The summed E-state index contributed by atoms with van der Waals surface area (Å²) in [7, 11) is 3.68. The fourth-order valence-corrected chi connectivity index (χ4v) is 3.66. The van der Waals surface area contributed by atoms with Gasteiger partial charge in [0, 0.05) is 19.6 Å². The lowest BCUT2D eigenvalue weighted by molar-refractivity contribution is 0.414. The lowest BCUT2D eigenvalue weighted by Crippen LogP contribution is -2.43. The first kappa shape index (κ1) is 21.1. The van der Waals surface area contributed by atoms with Crippen molar-refractivity contribution in [2.45, 2.75) is 64.5 Å². The fraction of sp³-hybridized carbons (Fsp3) is 0.591. The first-order chi connectivity index (χ1) is 14.1. The molecule has 29 heavy (non-hydrogen) atoms. The van der Waals surface area contributed by atoms with Crippen molar-refractivity contribution < 1.29 is 4.74 Å². The van der Waals surface area contributed by atoms with Gasteiger partial charge in [-0.25, -0.2) is 4.99 Å². The summed E-state index contributed by atoms with van der Waals surface area (Å²) >= 11 is 0. The Morgan fingerprint density at radius 3 is 2.59 bits per heavy atom. The summed E-state index contributed by atoms with van der Waals surface area (Å²) in [5, 5.41) is 15.5. The molecule has 0 bridgehead atoms. The Morgan fingerprint density at radius 1 is 1.24 bits per heavy atom. The minimum atomic E-state index is 0.461. The summed E-state index contributed by atoms with van der Waals surface area (Å²) in [6.45, 7) is 5.60. The van der Waals surface area contributed by atoms with Crippen LogP contribution in [0.15, 0.2) is 29.3 Å². The zero-order chi connectivity index (χ0) is 20.6. The number of aliphatic imine (C=N–C) groups is 1. The molecular formula is C22H34N6O. The normalized spacial score (nSPS) is 16.1. The number of hydrogen-bond acceptors (Lipinski definition) is 4. The van der Waals surface area contributed by atoms with Crippen molar-refractivity contribution >= 4 is 5.96 Å². The molecule has 0 spiro atoms. The molecule has 0 aliphatic heterocycles. The van der Waals surface area contributed by atoms with E-state index in [1.807, 2.05) is 30.7 Å². The highest BCUT2D eigenvalue weighted by Gasteiger charge is 2.16. The van der Waals surface area contributed by atoms with E-state index in [1.54, 1.807) is 7.11 Å². The number of aromatic nitrogens is 3. The van der Waals surface area contributed by atoms with Crippen molar-refractivity contribution in [3.05, 3.63) is 41.5 Å². The van der Waals surface area contributed by atoms with Crippen molar-refractivity contribution in [1.29, 1.82) is 0 Å². The van der Waals surface area contributed by atoms with E-state index in [0.717, 1.165) is 36.3 Å². The molecule has 1 saturated carbocycles. The quantitative estimate of drug-likeness (QED) is 0.527. The van der Waals surface area contributed by atoms with Gasteiger partial charge in [0.2, 0.25) is 0 Å². The van der Waals surface area contributed by atoms with E-state index in [9.17, 15) is 0 Å². The van der Waals surface area contributed by atoms with Crippen LogP contribution in [0.2, 0.25) is 0 Å². The van der Waals surface area contributed by atoms with Crippen molar-refractivity contribution in [2.24, 2.45) is 12.0 Å². The smallest absolute Gasteiger partial charge is 0.191 e. The minimum Gasteiger partial charge on any atom is -0.497 e. The molecule has 1 atom stereocenters. The number of methoxy groups -OCH3 is 1. The van der Waals surface area contributed by atoms with Gasteiger partial charge in [0.15, 0.2) is 11.8 Å². The van der Waals surface area contributed by atoms with Crippen LogP contribution in [-0.4, -0.2) is 40.4 Å². The molecule has 1 aromatic heterocycles. The Labute approximate surface area is 174 Å². The van der Waals surface area contributed by atoms with Crippen LogP contribution in [0.1, 0.15) is 62.2 Å². The molecule has 1 aromatic carbocycles. The van der Waals surface area contributed by atoms with Crippen LogP contribution in [0.5, 0.6) is 5.75 Å². The molecule has 158 valence electrons. The SMILES string of the molecule is COc1ccc(C(C)CCNC(=NCc2nnc(C)n2C)NC2CCCC2)cc1. The Morgan fingerprint density at radius 2 is 1.97 bits per heavy atom. The maximum Gasteiger partial charge on any atom is 0.191 e. The maximum atomic E-state index is 5.25. The highest BCUT2D eigenvalue weighted by molar-refractivity contribution is 5.80. The van der Waals surface area contributed by atoms with Crippen molar-refractivity contribution in [3.8, 4) is 5.75 Å². The number of benzene rings is 1. The van der Waals surface area contributed by atoms with E-state index in [2.05, 4.69) is 39.9 Å². The molecule has 7 nitrogen and oxygen atoms in total. The van der Waals surface area contributed by atoms with E-state index in [1.165, 1.54) is 31.2 Å². The van der Waals surface area contributed by atoms with Gasteiger partial charge in [-0.3, -0.25) is 0 Å². The lowest BCUT2D eigenvalue weighted by atomic mass is 9.98. The number of rotatable bonds is 8. The largest absolute Gasteiger partial charge is 0.497 e. The molecule has 2 N–H and O–H groups in total. The van der Waals surface area contributed by atoms with Gasteiger partial charge >= 0.3 is 0 Å². The maximum absolute atomic E-state index is 5.25. The molecule has 1 aliphatic rings. The van der Waals surface area contributed by atoms with Crippen LogP contribution in [0.4, 0.5) is 0 Å². The van der Waals surface area contributed by atoms with Gasteiger partial charge in [0.25, 0.3) is 0 Å². The Balaban J connectivity index is 1.56. The fourth-order valence-electron chi connectivity index (χ4n) is 3.66. The van der Waals surface area contributed by atoms with Gasteiger partial charge in [0.05, 0.1) is 7.11 Å². The number of aryl methyl sites for hydroxylation is 1. The summed E-state index contributed by atoms with van der Waals surface area (Å²) in [6, 6.07) is 8.85. The molecule has 1 aliphatic carbocycles. The Kier molecular flexibility index (Phi) is 7.49. The van der Waals surface area contributed by atoms with E-state index in [0.29, 0.717) is 18.5 Å². The molecule has 1 fully saturated rings. The molecule has 0 saturated heterocycles. The van der Waals surface area contributed by atoms with Crippen LogP contribution in [-0.2, 0) is 13.6 Å². The third-order valence-corrected chi connectivity index (χ3v) is 5.81. The van der Waals surface area contributed by atoms with E-state index in [4.69, 9.17) is 9.73 Å². The van der Waals surface area contributed by atoms with E-state index >= 15 is 0 Å². The molecule has 2 aromatic rings. The van der Waals surface area contributed by atoms with Crippen LogP contribution >= 0.6 is 0 Å². The molecule has 0 radical (unpaired) electrons. The summed E-state index contributed by atoms with van der Waals surface area (Å²) < 4.78 is 7.24. The Bertz CT molecular complexity index is 792. The second-order valence-corrected chi connectivity index (χ2v) is 7.90. The van der Waals surface area contributed by atoms with Crippen LogP contribution < -0.4 is 15.4 Å². The van der Waals surface area contributed by atoms with Crippen LogP contribution in [0, 0.1) is 6.92 Å². The first-order valence-electron chi connectivity index (χ1n) is 10.6. The average Bonchev–Trinajstić information content (AvgIpc) is 3.36. The van der Waals surface area contributed by atoms with Gasteiger partial charge in [0.1, 0.15) is 18.1 Å². The van der Waals surface area contributed by atoms with Gasteiger partial charge < -0.3 is 19.9 Å². The zero-order valence-electron chi connectivity index (χ0n) is 18.1. The van der Waals surface area contributed by atoms with Gasteiger partial charge in [-0.2, -0.15) is 0 Å². The number of guanidine groups is 1. The predicted molar refractivity (Wildman–Crippen MR) is 116 cm³/mol. The van der Waals surface area contributed by atoms with Crippen LogP contribution in [0.3, 0.4) is 0 Å². The second-order valence-electron chi connectivity index (χ2n) is 7.90. The lowest BCUT2D eigenvalue weighted by Gasteiger charge is -2.19. The summed E-state index contributed by atoms with van der Waals surface area (Å²) in [6.07, 6.45) is 6.04. The highest BCUT2D eigenvalue weighted by Crippen LogP contribution is 2.21. The molecule has 1 heterocycles. The summed E-state index contributed by atoms with van der Waals surface area (Å²) in [4.78, 5) is 4.78. The number of ether oxygens (including phenoxy) is 1. The monoisotopic (exact) mass is 398 g/mol. The molecule has 3 rings (SSSR count). The van der Waals surface area contributed by atoms with E-state index in [-0.39, 0.29) is 0 Å².